The molecule has 1 aromatic heterocycles. The zero-order valence-electron chi connectivity index (χ0n) is 14.8. The Labute approximate surface area is 172 Å². The van der Waals surface area contributed by atoms with Crippen LogP contribution in [0.2, 0.25) is 5.02 Å². The van der Waals surface area contributed by atoms with Gasteiger partial charge in [0.25, 0.3) is 0 Å². The number of hydrogen-bond acceptors (Lipinski definition) is 5. The lowest BCUT2D eigenvalue weighted by atomic mass is 9.95. The summed E-state index contributed by atoms with van der Waals surface area (Å²) in [6.45, 7) is 3.78. The Kier molecular flexibility index (Phi) is 5.16. The summed E-state index contributed by atoms with van der Waals surface area (Å²) in [5.74, 6) is 0. The van der Waals surface area contributed by atoms with Crippen molar-refractivity contribution < 1.29 is 9.53 Å². The molecule has 8 heteroatoms. The number of anilines is 1. The molecule has 0 radical (unpaired) electrons. The van der Waals surface area contributed by atoms with Crippen molar-refractivity contribution in [3.05, 3.63) is 50.9 Å². The fourth-order valence-electron chi connectivity index (χ4n) is 3.38. The minimum absolute atomic E-state index is 0.268. The molecule has 0 spiro atoms. The summed E-state index contributed by atoms with van der Waals surface area (Å²) in [7, 11) is 0. The van der Waals surface area contributed by atoms with E-state index in [2.05, 4.69) is 5.32 Å². The largest absolute Gasteiger partial charge is 0.450 e. The molecule has 0 aliphatic carbocycles. The maximum absolute atomic E-state index is 12.1. The van der Waals surface area contributed by atoms with Gasteiger partial charge in [0.2, 0.25) is 0 Å². The highest BCUT2D eigenvalue weighted by Crippen LogP contribution is 2.40. The van der Waals surface area contributed by atoms with Gasteiger partial charge in [-0.25, -0.2) is 4.79 Å². The van der Waals surface area contributed by atoms with Crippen molar-refractivity contribution in [2.75, 3.05) is 25.0 Å². The summed E-state index contributed by atoms with van der Waals surface area (Å²) in [6.07, 6.45) is 0.480. The standard InChI is InChI=1S/C19H18ClN3O2S2/c1-2-25-19(24)23-8-7-12-14(10-23)27-18-16(12)17(21-9-15(26)22-18)11-5-3-4-6-13(11)20/h3-6H,2,7-10H2,1H3,(H,22,26). The predicted octanol–water partition coefficient (Wildman–Crippen LogP) is 4.51. The number of ether oxygens (including phenoxy) is 1. The van der Waals surface area contributed by atoms with Gasteiger partial charge in [0.1, 0.15) is 9.99 Å². The van der Waals surface area contributed by atoms with Crippen molar-refractivity contribution in [3.8, 4) is 0 Å². The summed E-state index contributed by atoms with van der Waals surface area (Å²) >= 11 is 13.5. The van der Waals surface area contributed by atoms with E-state index in [1.54, 1.807) is 16.2 Å². The molecular weight excluding hydrogens is 402 g/mol. The molecule has 0 saturated heterocycles. The first-order valence-corrected chi connectivity index (χ1v) is 10.3. The molecule has 2 aromatic rings. The number of aliphatic imine (C=N–C) groups is 1. The van der Waals surface area contributed by atoms with Gasteiger partial charge in [0.15, 0.2) is 0 Å². The Morgan fingerprint density at radius 3 is 3.04 bits per heavy atom. The fourth-order valence-corrected chi connectivity index (χ4v) is 5.13. The maximum atomic E-state index is 12.1. The third kappa shape index (κ3) is 3.47. The van der Waals surface area contributed by atoms with E-state index in [4.69, 9.17) is 33.5 Å². The van der Waals surface area contributed by atoms with Crippen LogP contribution in [0.4, 0.5) is 9.80 Å². The zero-order valence-corrected chi connectivity index (χ0v) is 17.1. The van der Waals surface area contributed by atoms with Gasteiger partial charge >= 0.3 is 6.09 Å². The van der Waals surface area contributed by atoms with Gasteiger partial charge in [-0.05, 0) is 25.0 Å². The number of benzene rings is 1. The van der Waals surface area contributed by atoms with Gasteiger partial charge in [-0.3, -0.25) is 4.99 Å². The van der Waals surface area contributed by atoms with Crippen LogP contribution in [0.5, 0.6) is 0 Å². The number of amides is 1. The number of carbonyl (C=O) groups excluding carboxylic acids is 1. The summed E-state index contributed by atoms with van der Waals surface area (Å²) in [4.78, 5) is 20.4. The monoisotopic (exact) mass is 419 g/mol. The van der Waals surface area contributed by atoms with Gasteiger partial charge in [-0.15, -0.1) is 11.3 Å². The SMILES string of the molecule is CCOC(=O)N1CCc2c(sc3c2C(c2ccccc2Cl)=NCC(=S)N3)C1. The van der Waals surface area contributed by atoms with E-state index < -0.39 is 0 Å². The van der Waals surface area contributed by atoms with E-state index >= 15 is 0 Å². The van der Waals surface area contributed by atoms with Crippen LogP contribution in [0.25, 0.3) is 0 Å². The molecule has 0 fully saturated rings. The van der Waals surface area contributed by atoms with Crippen molar-refractivity contribution in [2.45, 2.75) is 19.9 Å². The molecule has 1 aromatic carbocycles. The first-order valence-electron chi connectivity index (χ1n) is 8.74. The Morgan fingerprint density at radius 2 is 2.26 bits per heavy atom. The number of hydrogen-bond donors (Lipinski definition) is 1. The van der Waals surface area contributed by atoms with E-state index in [-0.39, 0.29) is 6.09 Å². The van der Waals surface area contributed by atoms with E-state index in [0.717, 1.165) is 33.1 Å². The summed E-state index contributed by atoms with van der Waals surface area (Å²) in [5.41, 5.74) is 4.04. The van der Waals surface area contributed by atoms with Gasteiger partial charge < -0.3 is 15.0 Å². The second kappa shape index (κ2) is 7.58. The van der Waals surface area contributed by atoms with Crippen LogP contribution in [0, 0.1) is 0 Å². The molecular formula is C19H18ClN3O2S2. The Balaban J connectivity index is 1.78. The minimum Gasteiger partial charge on any atom is -0.450 e. The van der Waals surface area contributed by atoms with Gasteiger partial charge in [-0.2, -0.15) is 0 Å². The smallest absolute Gasteiger partial charge is 0.410 e. The lowest BCUT2D eigenvalue weighted by molar-refractivity contribution is 0.103. The molecule has 2 aliphatic heterocycles. The second-order valence-electron chi connectivity index (χ2n) is 6.27. The summed E-state index contributed by atoms with van der Waals surface area (Å²) < 4.78 is 5.16. The molecule has 0 saturated carbocycles. The van der Waals surface area contributed by atoms with Gasteiger partial charge in [-0.1, -0.05) is 42.0 Å². The number of thiophene rings is 1. The minimum atomic E-state index is -0.268. The van der Waals surface area contributed by atoms with E-state index in [0.29, 0.717) is 36.3 Å². The topological polar surface area (TPSA) is 53.9 Å². The van der Waals surface area contributed by atoms with Crippen LogP contribution in [0.15, 0.2) is 29.3 Å². The van der Waals surface area contributed by atoms with E-state index in [1.165, 1.54) is 5.56 Å². The lowest BCUT2D eigenvalue weighted by Crippen LogP contribution is -2.36. The Hall–Kier alpha value is -1.96. The van der Waals surface area contributed by atoms with E-state index in [9.17, 15) is 4.79 Å². The van der Waals surface area contributed by atoms with Crippen LogP contribution in [-0.4, -0.2) is 41.4 Å². The molecule has 0 atom stereocenters. The van der Waals surface area contributed by atoms with E-state index in [1.807, 2.05) is 31.2 Å². The molecule has 140 valence electrons. The van der Waals surface area contributed by atoms with Crippen molar-refractivity contribution in [1.82, 2.24) is 4.90 Å². The number of nitrogens with zero attached hydrogens (tertiary/aromatic N) is 2. The van der Waals surface area contributed by atoms with Gasteiger partial charge in [0.05, 0.1) is 25.4 Å². The molecule has 4 rings (SSSR count). The molecule has 5 nitrogen and oxygen atoms in total. The first-order chi connectivity index (χ1) is 13.1. The van der Waals surface area contributed by atoms with Gasteiger partial charge in [0, 0.05) is 27.6 Å². The van der Waals surface area contributed by atoms with Crippen LogP contribution >= 0.6 is 35.2 Å². The molecule has 1 N–H and O–H groups in total. The third-order valence-corrected chi connectivity index (χ3v) is 6.28. The Morgan fingerprint density at radius 1 is 1.44 bits per heavy atom. The first kappa shape index (κ1) is 18.4. The highest BCUT2D eigenvalue weighted by Gasteiger charge is 2.31. The summed E-state index contributed by atoms with van der Waals surface area (Å²) in [5, 5.41) is 4.97. The Bertz CT molecular complexity index is 954. The second-order valence-corrected chi connectivity index (χ2v) is 8.28. The third-order valence-electron chi connectivity index (χ3n) is 4.58. The maximum Gasteiger partial charge on any atom is 0.410 e. The van der Waals surface area contributed by atoms with Crippen LogP contribution in [-0.2, 0) is 17.7 Å². The van der Waals surface area contributed by atoms with Crippen LogP contribution < -0.4 is 5.32 Å². The van der Waals surface area contributed by atoms with Crippen LogP contribution in [0.3, 0.4) is 0 Å². The normalized spacial score (nSPS) is 16.0. The molecule has 2 aliphatic rings. The van der Waals surface area contributed by atoms with Crippen molar-refractivity contribution in [2.24, 2.45) is 4.99 Å². The highest BCUT2D eigenvalue weighted by molar-refractivity contribution is 7.80. The van der Waals surface area contributed by atoms with Crippen molar-refractivity contribution in [1.29, 1.82) is 0 Å². The number of carbonyl (C=O) groups is 1. The highest BCUT2D eigenvalue weighted by atomic mass is 35.5. The van der Waals surface area contributed by atoms with Crippen molar-refractivity contribution >= 4 is 57.0 Å². The average Bonchev–Trinajstić information content (AvgIpc) is 2.91. The quantitative estimate of drug-likeness (QED) is 0.728. The number of fused-ring (bicyclic) bond motifs is 3. The lowest BCUT2D eigenvalue weighted by Gasteiger charge is -2.26. The number of thiocarbonyl (C=S) groups is 1. The number of rotatable bonds is 2. The molecule has 0 bridgehead atoms. The molecule has 27 heavy (non-hydrogen) atoms. The van der Waals surface area contributed by atoms with Crippen molar-refractivity contribution in [3.63, 3.8) is 0 Å². The fraction of sp³-hybridized carbons (Fsp3) is 0.316. The van der Waals surface area contributed by atoms with Crippen LogP contribution in [0.1, 0.15) is 28.5 Å². The zero-order chi connectivity index (χ0) is 19.0. The number of nitrogens with one attached hydrogen (secondary N) is 1. The predicted molar refractivity (Wildman–Crippen MR) is 114 cm³/mol. The molecule has 3 heterocycles. The molecule has 0 unspecified atom stereocenters. The molecule has 1 amide bonds. The average molecular weight is 420 g/mol. The summed E-state index contributed by atoms with van der Waals surface area (Å²) in [6, 6.07) is 7.72. The number of halogens is 1.